The number of aryl methyl sites for hydroxylation is 1. The summed E-state index contributed by atoms with van der Waals surface area (Å²) in [7, 11) is 0. The highest BCUT2D eigenvalue weighted by Gasteiger charge is 2.18. The lowest BCUT2D eigenvalue weighted by atomic mass is 10.2. The van der Waals surface area contributed by atoms with E-state index in [-0.39, 0.29) is 16.1 Å². The molecule has 2 heterocycles. The van der Waals surface area contributed by atoms with Crippen molar-refractivity contribution in [1.29, 1.82) is 0 Å². The molecule has 2 N–H and O–H groups in total. The Morgan fingerprint density at radius 1 is 1.42 bits per heavy atom. The fourth-order valence-corrected chi connectivity index (χ4v) is 2.39. The maximum absolute atomic E-state index is 13.4. The van der Waals surface area contributed by atoms with Crippen LogP contribution in [0.5, 0.6) is 0 Å². The van der Waals surface area contributed by atoms with E-state index < -0.39 is 17.7 Å². The van der Waals surface area contributed by atoms with Crippen molar-refractivity contribution in [3.63, 3.8) is 0 Å². The number of nitrogens with one attached hydrogen (secondary N) is 1. The van der Waals surface area contributed by atoms with Gasteiger partial charge in [-0.1, -0.05) is 0 Å². The summed E-state index contributed by atoms with van der Waals surface area (Å²) in [6.45, 7) is 1.72. The normalized spacial score (nSPS) is 10.2. The van der Waals surface area contributed by atoms with Gasteiger partial charge in [0.15, 0.2) is 5.82 Å². The number of aromatic nitrogens is 1. The van der Waals surface area contributed by atoms with Gasteiger partial charge in [0, 0.05) is 11.1 Å². The second-order valence-electron chi connectivity index (χ2n) is 3.71. The number of carbonyl (C=O) groups excluding carboxylic acids is 1. The molecule has 0 aliphatic heterocycles. The van der Waals surface area contributed by atoms with E-state index in [1.54, 1.807) is 6.92 Å². The van der Waals surface area contributed by atoms with E-state index in [2.05, 4.69) is 10.3 Å². The molecule has 2 aromatic rings. The van der Waals surface area contributed by atoms with Crippen LogP contribution in [0.25, 0.3) is 0 Å². The van der Waals surface area contributed by atoms with Gasteiger partial charge < -0.3 is 10.4 Å². The predicted molar refractivity (Wildman–Crippen MR) is 68.2 cm³/mol. The van der Waals surface area contributed by atoms with Gasteiger partial charge in [-0.15, -0.1) is 11.3 Å². The summed E-state index contributed by atoms with van der Waals surface area (Å²) in [5.41, 5.74) is -0.192. The second kappa shape index (κ2) is 5.15. The molecule has 0 saturated heterocycles. The van der Waals surface area contributed by atoms with E-state index in [9.17, 15) is 14.0 Å². The molecule has 0 spiro atoms. The Kier molecular flexibility index (Phi) is 3.57. The van der Waals surface area contributed by atoms with Crippen LogP contribution in [0.3, 0.4) is 0 Å². The van der Waals surface area contributed by atoms with Gasteiger partial charge in [-0.05, 0) is 19.1 Å². The number of carbonyl (C=O) groups is 2. The summed E-state index contributed by atoms with van der Waals surface area (Å²) in [6, 6.07) is 2.68. The number of carboxylic acid groups (broad SMARTS) is 1. The maximum atomic E-state index is 13.4. The Bertz CT molecular complexity index is 654. The van der Waals surface area contributed by atoms with Crippen molar-refractivity contribution in [1.82, 2.24) is 4.98 Å². The zero-order valence-electron chi connectivity index (χ0n) is 9.81. The van der Waals surface area contributed by atoms with Crippen LogP contribution in [0.4, 0.5) is 9.39 Å². The Morgan fingerprint density at radius 3 is 2.79 bits per heavy atom. The molecular weight excluding hydrogens is 271 g/mol. The number of anilines is 1. The molecule has 2 aromatic heterocycles. The van der Waals surface area contributed by atoms with Crippen LogP contribution in [0, 0.1) is 12.7 Å². The molecule has 2 rings (SSSR count). The van der Waals surface area contributed by atoms with Crippen molar-refractivity contribution in [2.24, 2.45) is 0 Å². The summed E-state index contributed by atoms with van der Waals surface area (Å²) >= 11 is 1.12. The third-order valence-corrected chi connectivity index (χ3v) is 3.30. The Balaban J connectivity index is 2.29. The molecule has 0 aromatic carbocycles. The molecule has 19 heavy (non-hydrogen) atoms. The van der Waals surface area contributed by atoms with Crippen LogP contribution in [0.1, 0.15) is 25.6 Å². The summed E-state index contributed by atoms with van der Waals surface area (Å²) in [4.78, 5) is 27.1. The minimum atomic E-state index is -1.14. The van der Waals surface area contributed by atoms with Crippen molar-refractivity contribution in [3.05, 3.63) is 46.3 Å². The van der Waals surface area contributed by atoms with Gasteiger partial charge in [-0.25, -0.2) is 9.18 Å². The fraction of sp³-hybridized carbons (Fsp3) is 0.0833. The van der Waals surface area contributed by atoms with E-state index >= 15 is 0 Å². The molecule has 5 nitrogen and oxygen atoms in total. The number of hydrogen-bond donors (Lipinski definition) is 2. The maximum Gasteiger partial charge on any atom is 0.338 e. The molecule has 1 amide bonds. The minimum Gasteiger partial charge on any atom is -0.478 e. The Hall–Kier alpha value is -2.28. The molecule has 0 fully saturated rings. The standard InChI is InChI=1S/C12H9FN2O3S/c1-6-4-8(12(17)18)11(19-6)15-10(16)7-2-3-14-5-9(7)13/h2-5H,1H3,(H,15,16)(H,17,18). The first-order valence-corrected chi connectivity index (χ1v) is 6.05. The van der Waals surface area contributed by atoms with E-state index in [0.29, 0.717) is 0 Å². The van der Waals surface area contributed by atoms with Gasteiger partial charge in [0.1, 0.15) is 5.00 Å². The van der Waals surface area contributed by atoms with Gasteiger partial charge in [-0.2, -0.15) is 0 Å². The summed E-state index contributed by atoms with van der Waals surface area (Å²) < 4.78 is 13.4. The number of thiophene rings is 1. The van der Waals surface area contributed by atoms with Crippen LogP contribution in [-0.2, 0) is 0 Å². The van der Waals surface area contributed by atoms with Crippen molar-refractivity contribution in [3.8, 4) is 0 Å². The van der Waals surface area contributed by atoms with Gasteiger partial charge in [-0.3, -0.25) is 9.78 Å². The highest BCUT2D eigenvalue weighted by Crippen LogP contribution is 2.28. The Labute approximate surface area is 111 Å². The number of amides is 1. The van der Waals surface area contributed by atoms with Crippen molar-refractivity contribution >= 4 is 28.2 Å². The number of halogens is 1. The second-order valence-corrected chi connectivity index (χ2v) is 4.97. The number of nitrogens with zero attached hydrogens (tertiary/aromatic N) is 1. The van der Waals surface area contributed by atoms with Crippen LogP contribution in [-0.4, -0.2) is 22.0 Å². The average molecular weight is 280 g/mol. The number of rotatable bonds is 3. The zero-order chi connectivity index (χ0) is 14.0. The first-order chi connectivity index (χ1) is 8.99. The molecule has 0 atom stereocenters. The molecule has 0 saturated carbocycles. The third kappa shape index (κ3) is 2.76. The number of carboxylic acids is 1. The van der Waals surface area contributed by atoms with Crippen molar-refractivity contribution < 1.29 is 19.1 Å². The Morgan fingerprint density at radius 2 is 2.16 bits per heavy atom. The lowest BCUT2D eigenvalue weighted by Crippen LogP contribution is -2.14. The SMILES string of the molecule is Cc1cc(C(=O)O)c(NC(=O)c2ccncc2F)s1. The van der Waals surface area contributed by atoms with Gasteiger partial charge in [0.2, 0.25) is 0 Å². The molecule has 0 unspecified atom stereocenters. The lowest BCUT2D eigenvalue weighted by molar-refractivity contribution is 0.0698. The highest BCUT2D eigenvalue weighted by molar-refractivity contribution is 7.16. The third-order valence-electron chi connectivity index (χ3n) is 2.33. The molecule has 98 valence electrons. The zero-order valence-corrected chi connectivity index (χ0v) is 10.6. The molecule has 0 aliphatic rings. The van der Waals surface area contributed by atoms with Crippen LogP contribution in [0.15, 0.2) is 24.5 Å². The van der Waals surface area contributed by atoms with Crippen LogP contribution >= 0.6 is 11.3 Å². The molecular formula is C12H9FN2O3S. The summed E-state index contributed by atoms with van der Waals surface area (Å²) in [5.74, 6) is -2.61. The molecule has 7 heteroatoms. The largest absolute Gasteiger partial charge is 0.478 e. The van der Waals surface area contributed by atoms with Crippen LogP contribution in [0.2, 0.25) is 0 Å². The van der Waals surface area contributed by atoms with Crippen molar-refractivity contribution in [2.45, 2.75) is 6.92 Å². The van der Waals surface area contributed by atoms with Crippen LogP contribution < -0.4 is 5.32 Å². The van der Waals surface area contributed by atoms with E-state index in [0.717, 1.165) is 22.4 Å². The monoisotopic (exact) mass is 280 g/mol. The fourth-order valence-electron chi connectivity index (χ4n) is 1.50. The van der Waals surface area contributed by atoms with E-state index in [1.165, 1.54) is 18.3 Å². The summed E-state index contributed by atoms with van der Waals surface area (Å²) in [6.07, 6.45) is 2.21. The van der Waals surface area contributed by atoms with E-state index in [4.69, 9.17) is 5.11 Å². The number of pyridine rings is 1. The van der Waals surface area contributed by atoms with Gasteiger partial charge >= 0.3 is 5.97 Å². The predicted octanol–water partition coefficient (Wildman–Crippen LogP) is 2.54. The lowest BCUT2D eigenvalue weighted by Gasteiger charge is -2.04. The first-order valence-electron chi connectivity index (χ1n) is 5.23. The van der Waals surface area contributed by atoms with Gasteiger partial charge in [0.05, 0.1) is 17.3 Å². The minimum absolute atomic E-state index is 0.00897. The first kappa shape index (κ1) is 13.2. The number of aromatic carboxylic acids is 1. The molecule has 0 radical (unpaired) electrons. The van der Waals surface area contributed by atoms with Crippen molar-refractivity contribution in [2.75, 3.05) is 5.32 Å². The highest BCUT2D eigenvalue weighted by atomic mass is 32.1. The van der Waals surface area contributed by atoms with E-state index in [1.807, 2.05) is 0 Å². The topological polar surface area (TPSA) is 79.3 Å². The summed E-state index contributed by atoms with van der Waals surface area (Å²) in [5, 5.41) is 11.6. The average Bonchev–Trinajstić information content (AvgIpc) is 2.70. The molecule has 0 aliphatic carbocycles. The quantitative estimate of drug-likeness (QED) is 0.905. The molecule has 0 bridgehead atoms. The van der Waals surface area contributed by atoms with Gasteiger partial charge in [0.25, 0.3) is 5.91 Å². The number of hydrogen-bond acceptors (Lipinski definition) is 4. The smallest absolute Gasteiger partial charge is 0.338 e.